The van der Waals surface area contributed by atoms with Crippen molar-refractivity contribution in [1.82, 2.24) is 14.5 Å². The van der Waals surface area contributed by atoms with Crippen molar-refractivity contribution in [3.63, 3.8) is 0 Å². The third kappa shape index (κ3) is 2.57. The van der Waals surface area contributed by atoms with Crippen LogP contribution in [-0.4, -0.2) is 14.5 Å². The van der Waals surface area contributed by atoms with E-state index < -0.39 is 0 Å². The Morgan fingerprint density at radius 1 is 1.32 bits per heavy atom. The van der Waals surface area contributed by atoms with Crippen molar-refractivity contribution in [1.29, 1.82) is 0 Å². The van der Waals surface area contributed by atoms with Gasteiger partial charge in [-0.25, -0.2) is 4.98 Å². The summed E-state index contributed by atoms with van der Waals surface area (Å²) in [5.41, 5.74) is 2.18. The number of hydrogen-bond donors (Lipinski definition) is 0. The lowest BCUT2D eigenvalue weighted by Gasteiger charge is -2.13. The molecule has 0 radical (unpaired) electrons. The number of furan rings is 1. The number of pyridine rings is 1. The van der Waals surface area contributed by atoms with Crippen LogP contribution in [0.3, 0.4) is 0 Å². The number of aromatic nitrogens is 3. The van der Waals surface area contributed by atoms with Gasteiger partial charge in [0, 0.05) is 30.7 Å². The maximum Gasteiger partial charge on any atom is 0.109 e. The molecule has 0 bridgehead atoms. The molecule has 0 saturated heterocycles. The molecular formula is C15H15N3O. The first-order chi connectivity index (χ1) is 9.33. The maximum atomic E-state index is 5.32. The third-order valence-electron chi connectivity index (χ3n) is 3.24. The van der Waals surface area contributed by atoms with E-state index in [1.165, 1.54) is 5.56 Å². The van der Waals surface area contributed by atoms with Crippen molar-refractivity contribution in [3.8, 4) is 0 Å². The Morgan fingerprint density at radius 2 is 2.26 bits per heavy atom. The summed E-state index contributed by atoms with van der Waals surface area (Å²) in [6.07, 6.45) is 9.90. The number of rotatable bonds is 4. The topological polar surface area (TPSA) is 43.9 Å². The number of hydrogen-bond acceptors (Lipinski definition) is 3. The van der Waals surface area contributed by atoms with Gasteiger partial charge in [0.2, 0.25) is 0 Å². The molecule has 0 fully saturated rings. The molecule has 1 unspecified atom stereocenters. The molecule has 0 aliphatic rings. The van der Waals surface area contributed by atoms with Crippen LogP contribution in [-0.2, 0) is 6.42 Å². The zero-order chi connectivity index (χ0) is 13.1. The smallest absolute Gasteiger partial charge is 0.109 e. The molecule has 96 valence electrons. The molecule has 0 amide bonds. The fraction of sp³-hybridized carbons (Fsp3) is 0.200. The molecule has 3 aromatic rings. The van der Waals surface area contributed by atoms with E-state index >= 15 is 0 Å². The van der Waals surface area contributed by atoms with Crippen LogP contribution in [0.5, 0.6) is 0 Å². The molecular weight excluding hydrogens is 238 g/mol. The summed E-state index contributed by atoms with van der Waals surface area (Å²) in [5, 5.41) is 0. The van der Waals surface area contributed by atoms with E-state index in [0.717, 1.165) is 17.9 Å². The minimum Gasteiger partial charge on any atom is -0.469 e. The standard InChI is InChI=1S/C15H15N3O/c1-12(18-7-6-16-11-18)13-4-5-14(17-10-13)9-15-3-2-8-19-15/h2-8,10-12H,9H2,1H3. The van der Waals surface area contributed by atoms with E-state index in [1.807, 2.05) is 36.9 Å². The average Bonchev–Trinajstić information content (AvgIpc) is 3.12. The normalized spacial score (nSPS) is 12.5. The van der Waals surface area contributed by atoms with Crippen LogP contribution in [0.1, 0.15) is 30.0 Å². The van der Waals surface area contributed by atoms with Gasteiger partial charge in [0.1, 0.15) is 5.76 Å². The highest BCUT2D eigenvalue weighted by molar-refractivity contribution is 5.20. The number of imidazole rings is 1. The Bertz CT molecular complexity index is 612. The minimum absolute atomic E-state index is 0.243. The second-order valence-electron chi connectivity index (χ2n) is 4.52. The summed E-state index contributed by atoms with van der Waals surface area (Å²) >= 11 is 0. The van der Waals surface area contributed by atoms with Gasteiger partial charge >= 0.3 is 0 Å². The van der Waals surface area contributed by atoms with E-state index in [1.54, 1.807) is 12.5 Å². The summed E-state index contributed by atoms with van der Waals surface area (Å²) < 4.78 is 7.38. The first kappa shape index (κ1) is 11.7. The lowest BCUT2D eigenvalue weighted by atomic mass is 10.1. The quantitative estimate of drug-likeness (QED) is 0.717. The Kier molecular flexibility index (Phi) is 3.14. The van der Waals surface area contributed by atoms with Gasteiger partial charge in [-0.3, -0.25) is 4.98 Å². The van der Waals surface area contributed by atoms with Crippen LogP contribution in [0.4, 0.5) is 0 Å². The fourth-order valence-corrected chi connectivity index (χ4v) is 2.05. The van der Waals surface area contributed by atoms with Gasteiger partial charge in [0.05, 0.1) is 18.6 Å². The van der Waals surface area contributed by atoms with Crippen LogP contribution in [0.25, 0.3) is 0 Å². The lowest BCUT2D eigenvalue weighted by molar-refractivity contribution is 0.519. The van der Waals surface area contributed by atoms with Crippen LogP contribution < -0.4 is 0 Å². The van der Waals surface area contributed by atoms with E-state index in [-0.39, 0.29) is 6.04 Å². The minimum atomic E-state index is 0.243. The molecule has 1 atom stereocenters. The first-order valence-electron chi connectivity index (χ1n) is 6.27. The molecule has 0 aliphatic heterocycles. The molecule has 0 saturated carbocycles. The molecule has 3 heterocycles. The summed E-state index contributed by atoms with van der Waals surface area (Å²) in [4.78, 5) is 8.56. The van der Waals surface area contributed by atoms with Crippen LogP contribution in [0.2, 0.25) is 0 Å². The molecule has 4 nitrogen and oxygen atoms in total. The summed E-state index contributed by atoms with van der Waals surface area (Å²) in [6, 6.07) is 8.25. The highest BCUT2D eigenvalue weighted by Crippen LogP contribution is 2.17. The van der Waals surface area contributed by atoms with Gasteiger partial charge < -0.3 is 8.98 Å². The van der Waals surface area contributed by atoms with Gasteiger partial charge in [-0.05, 0) is 30.7 Å². The van der Waals surface area contributed by atoms with Crippen LogP contribution >= 0.6 is 0 Å². The number of nitrogens with zero attached hydrogens (tertiary/aromatic N) is 3. The van der Waals surface area contributed by atoms with Crippen LogP contribution in [0, 0.1) is 0 Å². The van der Waals surface area contributed by atoms with Crippen molar-refractivity contribution in [2.75, 3.05) is 0 Å². The van der Waals surface area contributed by atoms with Crippen molar-refractivity contribution in [2.45, 2.75) is 19.4 Å². The molecule has 0 N–H and O–H groups in total. The second-order valence-corrected chi connectivity index (χ2v) is 4.52. The van der Waals surface area contributed by atoms with Crippen molar-refractivity contribution >= 4 is 0 Å². The molecule has 3 rings (SSSR count). The van der Waals surface area contributed by atoms with Crippen molar-refractivity contribution < 1.29 is 4.42 Å². The summed E-state index contributed by atoms with van der Waals surface area (Å²) in [6.45, 7) is 2.13. The van der Waals surface area contributed by atoms with Gasteiger partial charge in [0.25, 0.3) is 0 Å². The third-order valence-corrected chi connectivity index (χ3v) is 3.24. The second kappa shape index (κ2) is 5.10. The molecule has 19 heavy (non-hydrogen) atoms. The van der Waals surface area contributed by atoms with E-state index in [2.05, 4.69) is 27.5 Å². The molecule has 4 heteroatoms. The highest BCUT2D eigenvalue weighted by Gasteiger charge is 2.08. The SMILES string of the molecule is CC(c1ccc(Cc2ccco2)nc1)n1ccnc1. The van der Waals surface area contributed by atoms with Crippen LogP contribution in [0.15, 0.2) is 59.9 Å². The van der Waals surface area contributed by atoms with E-state index in [0.29, 0.717) is 0 Å². The molecule has 0 spiro atoms. The van der Waals surface area contributed by atoms with Gasteiger partial charge in [-0.15, -0.1) is 0 Å². The first-order valence-corrected chi connectivity index (χ1v) is 6.27. The largest absolute Gasteiger partial charge is 0.469 e. The predicted molar refractivity (Wildman–Crippen MR) is 71.8 cm³/mol. The Balaban J connectivity index is 1.75. The van der Waals surface area contributed by atoms with Crippen molar-refractivity contribution in [2.24, 2.45) is 0 Å². The predicted octanol–water partition coefficient (Wildman–Crippen LogP) is 3.07. The Hall–Kier alpha value is -2.36. The molecule has 0 aromatic carbocycles. The van der Waals surface area contributed by atoms with E-state index in [9.17, 15) is 0 Å². The zero-order valence-electron chi connectivity index (χ0n) is 10.7. The fourth-order valence-electron chi connectivity index (χ4n) is 2.05. The highest BCUT2D eigenvalue weighted by atomic mass is 16.3. The van der Waals surface area contributed by atoms with Gasteiger partial charge in [-0.2, -0.15) is 0 Å². The van der Waals surface area contributed by atoms with Gasteiger partial charge in [0.15, 0.2) is 0 Å². The molecule has 0 aliphatic carbocycles. The monoisotopic (exact) mass is 253 g/mol. The van der Waals surface area contributed by atoms with Gasteiger partial charge in [-0.1, -0.05) is 6.07 Å². The maximum absolute atomic E-state index is 5.32. The Labute approximate surface area is 111 Å². The average molecular weight is 253 g/mol. The summed E-state index contributed by atoms with van der Waals surface area (Å²) in [7, 11) is 0. The molecule has 3 aromatic heterocycles. The Morgan fingerprint density at radius 3 is 2.89 bits per heavy atom. The lowest BCUT2D eigenvalue weighted by Crippen LogP contribution is -2.05. The summed E-state index contributed by atoms with van der Waals surface area (Å²) in [5.74, 6) is 0.933. The zero-order valence-corrected chi connectivity index (χ0v) is 10.7. The van der Waals surface area contributed by atoms with E-state index in [4.69, 9.17) is 4.42 Å². The van der Waals surface area contributed by atoms with Crippen molar-refractivity contribution in [3.05, 3.63) is 72.5 Å².